The Morgan fingerprint density at radius 3 is 3.06 bits per heavy atom. The molecule has 96 valence electrons. The van der Waals surface area contributed by atoms with E-state index < -0.39 is 5.97 Å². The Labute approximate surface area is 109 Å². The van der Waals surface area contributed by atoms with Gasteiger partial charge in [0.2, 0.25) is 5.76 Å². The van der Waals surface area contributed by atoms with Crippen molar-refractivity contribution in [3.63, 3.8) is 0 Å². The first kappa shape index (κ1) is 12.8. The number of nitrogens with zero attached hydrogens (tertiary/aromatic N) is 1. The van der Waals surface area contributed by atoms with Crippen LogP contribution in [0.5, 0.6) is 0 Å². The van der Waals surface area contributed by atoms with Crippen LogP contribution in [0.1, 0.15) is 26.8 Å². The topological polar surface area (TPSA) is 64.4 Å². The molecule has 0 saturated carbocycles. The van der Waals surface area contributed by atoms with Gasteiger partial charge in [-0.15, -0.1) is 11.3 Å². The Morgan fingerprint density at radius 2 is 2.39 bits per heavy atom. The van der Waals surface area contributed by atoms with E-state index in [9.17, 15) is 4.79 Å². The first-order chi connectivity index (χ1) is 8.70. The van der Waals surface area contributed by atoms with Gasteiger partial charge in [-0.3, -0.25) is 0 Å². The second-order valence-corrected chi connectivity index (χ2v) is 4.70. The number of aromatic nitrogens is 1. The Balaban J connectivity index is 1.90. The molecule has 0 atom stereocenters. The average Bonchev–Trinajstić information content (AvgIpc) is 2.98. The summed E-state index contributed by atoms with van der Waals surface area (Å²) in [5.41, 5.74) is 1.81. The molecule has 1 N–H and O–H groups in total. The molecule has 2 heterocycles. The monoisotopic (exact) mass is 266 g/mol. The Kier molecular flexibility index (Phi) is 4.11. The zero-order valence-electron chi connectivity index (χ0n) is 10.2. The van der Waals surface area contributed by atoms with Gasteiger partial charge in [-0.1, -0.05) is 0 Å². The lowest BCUT2D eigenvalue weighted by molar-refractivity contribution is 0.0563. The van der Waals surface area contributed by atoms with Crippen LogP contribution in [0.15, 0.2) is 22.1 Å². The van der Waals surface area contributed by atoms with Gasteiger partial charge >= 0.3 is 5.97 Å². The van der Waals surface area contributed by atoms with Gasteiger partial charge < -0.3 is 14.5 Å². The third kappa shape index (κ3) is 2.96. The van der Waals surface area contributed by atoms with E-state index in [2.05, 4.69) is 15.0 Å². The van der Waals surface area contributed by atoms with E-state index >= 15 is 0 Å². The number of nitrogens with one attached hydrogen (secondary N) is 1. The molecule has 0 aliphatic rings. The first-order valence-corrected chi connectivity index (χ1v) is 6.35. The van der Waals surface area contributed by atoms with Gasteiger partial charge in [0, 0.05) is 29.7 Å². The summed E-state index contributed by atoms with van der Waals surface area (Å²) in [6.45, 7) is 3.18. The van der Waals surface area contributed by atoms with Crippen LogP contribution in [0.4, 0.5) is 0 Å². The molecule has 0 aromatic carbocycles. The molecule has 0 amide bonds. The molecule has 2 aromatic rings. The van der Waals surface area contributed by atoms with Crippen molar-refractivity contribution >= 4 is 17.3 Å². The standard InChI is InChI=1S/C12H14N2O3S/c1-8-7-18-10(14-8)6-13-5-9-3-4-17-11(9)12(15)16-2/h3-4,7,13H,5-6H2,1-2H3. The number of rotatable bonds is 5. The zero-order chi connectivity index (χ0) is 13.0. The molecule has 0 saturated heterocycles. The third-order valence-corrected chi connectivity index (χ3v) is 3.34. The highest BCUT2D eigenvalue weighted by Gasteiger charge is 2.15. The van der Waals surface area contributed by atoms with Gasteiger partial charge in [0.05, 0.1) is 13.4 Å². The number of esters is 1. The third-order valence-electron chi connectivity index (χ3n) is 2.38. The highest BCUT2D eigenvalue weighted by Crippen LogP contribution is 2.12. The van der Waals surface area contributed by atoms with Crippen molar-refractivity contribution in [1.29, 1.82) is 0 Å². The number of methoxy groups -OCH3 is 1. The molecule has 2 aromatic heterocycles. The molecular weight excluding hydrogens is 252 g/mol. The highest BCUT2D eigenvalue weighted by molar-refractivity contribution is 7.09. The van der Waals surface area contributed by atoms with Crippen LogP contribution in [-0.2, 0) is 17.8 Å². The summed E-state index contributed by atoms with van der Waals surface area (Å²) >= 11 is 1.61. The largest absolute Gasteiger partial charge is 0.463 e. The van der Waals surface area contributed by atoms with E-state index in [4.69, 9.17) is 4.42 Å². The minimum atomic E-state index is -0.457. The van der Waals surface area contributed by atoms with Gasteiger partial charge in [0.15, 0.2) is 0 Å². The van der Waals surface area contributed by atoms with Crippen molar-refractivity contribution < 1.29 is 13.9 Å². The number of thiazole rings is 1. The van der Waals surface area contributed by atoms with Crippen molar-refractivity contribution in [1.82, 2.24) is 10.3 Å². The molecule has 0 spiro atoms. The number of hydrogen-bond donors (Lipinski definition) is 1. The normalized spacial score (nSPS) is 10.6. The molecular formula is C12H14N2O3S. The molecule has 0 radical (unpaired) electrons. The maximum atomic E-state index is 11.4. The van der Waals surface area contributed by atoms with Gasteiger partial charge in [0.25, 0.3) is 0 Å². The van der Waals surface area contributed by atoms with Crippen molar-refractivity contribution in [3.05, 3.63) is 39.7 Å². The van der Waals surface area contributed by atoms with E-state index in [1.807, 2.05) is 12.3 Å². The molecule has 0 bridgehead atoms. The number of ether oxygens (including phenoxy) is 1. The maximum absolute atomic E-state index is 11.4. The molecule has 0 unspecified atom stereocenters. The molecule has 0 fully saturated rings. The summed E-state index contributed by atoms with van der Waals surface area (Å²) in [5, 5.41) is 6.25. The molecule has 0 aliphatic carbocycles. The van der Waals surface area contributed by atoms with Crippen LogP contribution >= 0.6 is 11.3 Å². The maximum Gasteiger partial charge on any atom is 0.374 e. The summed E-state index contributed by atoms with van der Waals surface area (Å²) in [6.07, 6.45) is 1.48. The molecule has 6 heteroatoms. The Morgan fingerprint density at radius 1 is 1.56 bits per heavy atom. The van der Waals surface area contributed by atoms with Crippen LogP contribution in [0.25, 0.3) is 0 Å². The molecule has 2 rings (SSSR count). The lowest BCUT2D eigenvalue weighted by Gasteiger charge is -2.02. The fourth-order valence-corrected chi connectivity index (χ4v) is 2.28. The summed E-state index contributed by atoms with van der Waals surface area (Å²) in [6, 6.07) is 1.76. The van der Waals surface area contributed by atoms with Gasteiger partial charge in [-0.05, 0) is 13.0 Å². The minimum Gasteiger partial charge on any atom is -0.463 e. The van der Waals surface area contributed by atoms with Crippen LogP contribution in [-0.4, -0.2) is 18.1 Å². The zero-order valence-corrected chi connectivity index (χ0v) is 11.0. The minimum absolute atomic E-state index is 0.250. The average molecular weight is 266 g/mol. The van der Waals surface area contributed by atoms with Crippen molar-refractivity contribution in [2.45, 2.75) is 20.0 Å². The van der Waals surface area contributed by atoms with Gasteiger partial charge in [-0.25, -0.2) is 9.78 Å². The van der Waals surface area contributed by atoms with Crippen molar-refractivity contribution in [2.24, 2.45) is 0 Å². The van der Waals surface area contributed by atoms with E-state index in [0.717, 1.165) is 16.3 Å². The summed E-state index contributed by atoms with van der Waals surface area (Å²) in [7, 11) is 1.33. The predicted octanol–water partition coefficient (Wildman–Crippen LogP) is 2.12. The van der Waals surface area contributed by atoms with Gasteiger partial charge in [-0.2, -0.15) is 0 Å². The van der Waals surface area contributed by atoms with Crippen molar-refractivity contribution in [2.75, 3.05) is 7.11 Å². The number of furan rings is 1. The first-order valence-electron chi connectivity index (χ1n) is 5.47. The Bertz CT molecular complexity index is 533. The summed E-state index contributed by atoms with van der Waals surface area (Å²) < 4.78 is 9.73. The highest BCUT2D eigenvalue weighted by atomic mass is 32.1. The molecule has 5 nitrogen and oxygen atoms in total. The van der Waals surface area contributed by atoms with Crippen molar-refractivity contribution in [3.8, 4) is 0 Å². The summed E-state index contributed by atoms with van der Waals surface area (Å²) in [5.74, 6) is -0.206. The quantitative estimate of drug-likeness (QED) is 0.840. The van der Waals surface area contributed by atoms with Crippen LogP contribution in [0.3, 0.4) is 0 Å². The second kappa shape index (κ2) is 5.79. The lowest BCUT2D eigenvalue weighted by Crippen LogP contribution is -2.14. The van der Waals surface area contributed by atoms with E-state index in [0.29, 0.717) is 13.1 Å². The Hall–Kier alpha value is -1.66. The number of carbonyl (C=O) groups excluding carboxylic acids is 1. The fourth-order valence-electron chi connectivity index (χ4n) is 1.53. The molecule has 0 aliphatic heterocycles. The van der Waals surface area contributed by atoms with E-state index in [1.54, 1.807) is 17.4 Å². The lowest BCUT2D eigenvalue weighted by atomic mass is 10.2. The number of aryl methyl sites for hydroxylation is 1. The van der Waals surface area contributed by atoms with E-state index in [-0.39, 0.29) is 5.76 Å². The number of carbonyl (C=O) groups is 1. The molecule has 18 heavy (non-hydrogen) atoms. The smallest absolute Gasteiger partial charge is 0.374 e. The van der Waals surface area contributed by atoms with Crippen LogP contribution in [0, 0.1) is 6.92 Å². The van der Waals surface area contributed by atoms with Crippen LogP contribution in [0.2, 0.25) is 0 Å². The summed E-state index contributed by atoms with van der Waals surface area (Å²) in [4.78, 5) is 15.7. The van der Waals surface area contributed by atoms with E-state index in [1.165, 1.54) is 13.4 Å². The van der Waals surface area contributed by atoms with Crippen LogP contribution < -0.4 is 5.32 Å². The van der Waals surface area contributed by atoms with Gasteiger partial charge in [0.1, 0.15) is 5.01 Å². The SMILES string of the molecule is COC(=O)c1occc1CNCc1nc(C)cs1. The number of hydrogen-bond acceptors (Lipinski definition) is 6. The second-order valence-electron chi connectivity index (χ2n) is 3.75. The fraction of sp³-hybridized carbons (Fsp3) is 0.333. The predicted molar refractivity (Wildman–Crippen MR) is 67.4 cm³/mol.